The molecule has 1 N–H and O–H groups in total. The highest BCUT2D eigenvalue weighted by molar-refractivity contribution is 7.91. The highest BCUT2D eigenvalue weighted by Gasteiger charge is 2.22. The van der Waals surface area contributed by atoms with Crippen molar-refractivity contribution < 1.29 is 17.9 Å². The molecule has 5 rings (SSSR count). The quantitative estimate of drug-likeness (QED) is 0.423. The fraction of sp³-hybridized carbons (Fsp3) is 0.240. The van der Waals surface area contributed by atoms with Crippen molar-refractivity contribution in [2.24, 2.45) is 0 Å². The Morgan fingerprint density at radius 2 is 1.80 bits per heavy atom. The Kier molecular flexibility index (Phi) is 6.58. The second-order valence-electron chi connectivity index (χ2n) is 8.30. The summed E-state index contributed by atoms with van der Waals surface area (Å²) in [7, 11) is -3.69. The van der Waals surface area contributed by atoms with Crippen LogP contribution in [0.25, 0.3) is 5.78 Å². The summed E-state index contributed by atoms with van der Waals surface area (Å²) in [6.07, 6.45) is 6.47. The van der Waals surface area contributed by atoms with Crippen LogP contribution in [0, 0.1) is 0 Å². The van der Waals surface area contributed by atoms with Gasteiger partial charge in [0.15, 0.2) is 0 Å². The molecule has 1 aliphatic rings. The number of aromatic nitrogens is 3. The van der Waals surface area contributed by atoms with Crippen LogP contribution < -0.4 is 5.32 Å². The van der Waals surface area contributed by atoms with Crippen molar-refractivity contribution in [2.45, 2.75) is 22.9 Å². The monoisotopic (exact) mass is 491 g/mol. The van der Waals surface area contributed by atoms with Crippen molar-refractivity contribution in [3.63, 3.8) is 0 Å². The number of carbonyl (C=O) groups is 1. The number of morpholine rings is 1. The van der Waals surface area contributed by atoms with Crippen LogP contribution in [0.4, 0.5) is 0 Å². The molecular formula is C25H25N5O4S. The van der Waals surface area contributed by atoms with Gasteiger partial charge in [-0.3, -0.25) is 14.1 Å². The summed E-state index contributed by atoms with van der Waals surface area (Å²) in [5.74, 6) is 0.242. The van der Waals surface area contributed by atoms with Gasteiger partial charge < -0.3 is 10.1 Å². The molecule has 1 aliphatic heterocycles. The van der Waals surface area contributed by atoms with Gasteiger partial charge in [-0.2, -0.15) is 0 Å². The van der Waals surface area contributed by atoms with Crippen LogP contribution in [0.15, 0.2) is 83.1 Å². The largest absolute Gasteiger partial charge is 0.379 e. The molecule has 9 nitrogen and oxygen atoms in total. The van der Waals surface area contributed by atoms with Crippen LogP contribution in [-0.2, 0) is 27.7 Å². The average Bonchev–Trinajstić information content (AvgIpc) is 3.36. The van der Waals surface area contributed by atoms with Gasteiger partial charge in [-0.05, 0) is 29.3 Å². The summed E-state index contributed by atoms with van der Waals surface area (Å²) in [6.45, 7) is 3.68. The predicted molar refractivity (Wildman–Crippen MR) is 129 cm³/mol. The highest BCUT2D eigenvalue weighted by Crippen LogP contribution is 2.25. The van der Waals surface area contributed by atoms with Crippen molar-refractivity contribution in [2.75, 3.05) is 26.3 Å². The Labute approximate surface area is 203 Å². The number of sulfone groups is 1. The molecule has 35 heavy (non-hydrogen) atoms. The number of rotatable bonds is 7. The molecule has 0 bridgehead atoms. The summed E-state index contributed by atoms with van der Waals surface area (Å²) in [5.41, 5.74) is 1.97. The van der Waals surface area contributed by atoms with Crippen LogP contribution in [0.3, 0.4) is 0 Å². The number of hydrogen-bond acceptors (Lipinski definition) is 7. The molecule has 0 aliphatic carbocycles. The predicted octanol–water partition coefficient (Wildman–Crippen LogP) is 2.32. The zero-order valence-electron chi connectivity index (χ0n) is 19.0. The third-order valence-corrected chi connectivity index (χ3v) is 7.82. The van der Waals surface area contributed by atoms with E-state index < -0.39 is 9.84 Å². The molecule has 4 aromatic rings. The Hall–Kier alpha value is -3.60. The first kappa shape index (κ1) is 23.2. The number of carbonyl (C=O) groups excluding carboxylic acids is 1. The van der Waals surface area contributed by atoms with Crippen LogP contribution in [0.2, 0.25) is 0 Å². The molecular weight excluding hydrogens is 466 g/mol. The summed E-state index contributed by atoms with van der Waals surface area (Å²) in [4.78, 5) is 23.4. The van der Waals surface area contributed by atoms with E-state index in [1.807, 2.05) is 12.1 Å². The van der Waals surface area contributed by atoms with E-state index in [2.05, 4.69) is 20.2 Å². The number of nitrogens with zero attached hydrogens (tertiary/aromatic N) is 4. The second-order valence-corrected chi connectivity index (χ2v) is 10.2. The summed E-state index contributed by atoms with van der Waals surface area (Å²) in [6, 6.07) is 13.7. The number of benzene rings is 2. The highest BCUT2D eigenvalue weighted by atomic mass is 32.2. The molecule has 3 heterocycles. The van der Waals surface area contributed by atoms with Crippen molar-refractivity contribution in [1.82, 2.24) is 24.6 Å². The maximum Gasteiger partial charge on any atom is 0.254 e. The summed E-state index contributed by atoms with van der Waals surface area (Å²) >= 11 is 0. The minimum Gasteiger partial charge on any atom is -0.379 e. The second kappa shape index (κ2) is 9.95. The minimum atomic E-state index is -3.69. The minimum absolute atomic E-state index is 0.219. The van der Waals surface area contributed by atoms with Gasteiger partial charge in [-0.15, -0.1) is 0 Å². The van der Waals surface area contributed by atoms with Gasteiger partial charge in [0.1, 0.15) is 0 Å². The summed E-state index contributed by atoms with van der Waals surface area (Å²) in [5, 5.41) is 2.84. The van der Waals surface area contributed by atoms with E-state index in [0.717, 1.165) is 24.2 Å². The first-order valence-electron chi connectivity index (χ1n) is 11.3. The SMILES string of the molecule is O=C(NCc1ccc(S(=O)(=O)c2ccccc2CN2CCOCC2)cc1)c1cnc2nccn2c1. The lowest BCUT2D eigenvalue weighted by molar-refractivity contribution is 0.0338. The molecule has 2 aromatic carbocycles. The molecule has 0 unspecified atom stereocenters. The number of imidazole rings is 1. The molecule has 10 heteroatoms. The fourth-order valence-electron chi connectivity index (χ4n) is 4.03. The van der Waals surface area contributed by atoms with Crippen molar-refractivity contribution >= 4 is 21.5 Å². The van der Waals surface area contributed by atoms with E-state index in [1.165, 1.54) is 6.20 Å². The van der Waals surface area contributed by atoms with Gasteiger partial charge in [0.05, 0.1) is 28.6 Å². The van der Waals surface area contributed by atoms with Crippen molar-refractivity contribution in [1.29, 1.82) is 0 Å². The molecule has 0 atom stereocenters. The Morgan fingerprint density at radius 1 is 1.03 bits per heavy atom. The van der Waals surface area contributed by atoms with E-state index in [1.54, 1.807) is 59.4 Å². The third-order valence-electron chi connectivity index (χ3n) is 5.95. The third kappa shape index (κ3) is 5.09. The number of amides is 1. The lowest BCUT2D eigenvalue weighted by Crippen LogP contribution is -2.36. The Bertz CT molecular complexity index is 1440. The van der Waals surface area contributed by atoms with Gasteiger partial charge in [-0.1, -0.05) is 30.3 Å². The molecule has 2 aromatic heterocycles. The van der Waals surface area contributed by atoms with E-state index in [4.69, 9.17) is 4.74 Å². The van der Waals surface area contributed by atoms with Gasteiger partial charge >= 0.3 is 0 Å². The molecule has 0 radical (unpaired) electrons. The van der Waals surface area contributed by atoms with E-state index in [-0.39, 0.29) is 17.3 Å². The topological polar surface area (TPSA) is 106 Å². The smallest absolute Gasteiger partial charge is 0.254 e. The maximum atomic E-state index is 13.4. The van der Waals surface area contributed by atoms with E-state index >= 15 is 0 Å². The Balaban J connectivity index is 1.28. The lowest BCUT2D eigenvalue weighted by Gasteiger charge is -2.27. The lowest BCUT2D eigenvalue weighted by atomic mass is 10.2. The summed E-state index contributed by atoms with van der Waals surface area (Å²) < 4.78 is 33.9. The number of hydrogen-bond donors (Lipinski definition) is 1. The van der Waals surface area contributed by atoms with Crippen LogP contribution in [0.5, 0.6) is 0 Å². The molecule has 180 valence electrons. The number of ether oxygens (including phenoxy) is 1. The van der Waals surface area contributed by atoms with Gasteiger partial charge in [0, 0.05) is 51.0 Å². The maximum absolute atomic E-state index is 13.4. The fourth-order valence-corrected chi connectivity index (χ4v) is 5.51. The van der Waals surface area contributed by atoms with Crippen LogP contribution in [0.1, 0.15) is 21.5 Å². The number of nitrogens with one attached hydrogen (secondary N) is 1. The van der Waals surface area contributed by atoms with Crippen molar-refractivity contribution in [3.05, 3.63) is 90.0 Å². The molecule has 0 spiro atoms. The average molecular weight is 492 g/mol. The van der Waals surface area contributed by atoms with Crippen molar-refractivity contribution in [3.8, 4) is 0 Å². The molecule has 1 fully saturated rings. The molecule has 0 saturated carbocycles. The zero-order chi connectivity index (χ0) is 24.3. The van der Waals surface area contributed by atoms with Crippen LogP contribution >= 0.6 is 0 Å². The number of fused-ring (bicyclic) bond motifs is 1. The zero-order valence-corrected chi connectivity index (χ0v) is 19.8. The van der Waals surface area contributed by atoms with Gasteiger partial charge in [-0.25, -0.2) is 18.4 Å². The molecule has 1 amide bonds. The first-order valence-corrected chi connectivity index (χ1v) is 12.8. The van der Waals surface area contributed by atoms with Crippen LogP contribution in [-0.4, -0.2) is 59.9 Å². The molecule has 1 saturated heterocycles. The van der Waals surface area contributed by atoms with Gasteiger partial charge in [0.25, 0.3) is 5.91 Å². The van der Waals surface area contributed by atoms with E-state index in [0.29, 0.717) is 36.0 Å². The van der Waals surface area contributed by atoms with E-state index in [9.17, 15) is 13.2 Å². The van der Waals surface area contributed by atoms with Gasteiger partial charge in [0.2, 0.25) is 15.6 Å². The first-order chi connectivity index (χ1) is 17.0. The standard InChI is InChI=1S/C25H25N5O4S/c31-24(21-16-28-25-26-9-10-30(25)18-21)27-15-19-5-7-22(8-6-19)35(32,33)23-4-2-1-3-20(23)17-29-11-13-34-14-12-29/h1-10,16,18H,11-15,17H2,(H,27,31). The Morgan fingerprint density at radius 3 is 2.60 bits per heavy atom. The normalized spacial score (nSPS) is 14.7.